The first kappa shape index (κ1) is 15.9. The van der Waals surface area contributed by atoms with Gasteiger partial charge >= 0.3 is 0 Å². The molecule has 0 bridgehead atoms. The molecule has 1 radical (unpaired) electrons. The van der Waals surface area contributed by atoms with Crippen LogP contribution in [0.15, 0.2) is 40.9 Å². The van der Waals surface area contributed by atoms with E-state index in [-0.39, 0.29) is 0 Å². The van der Waals surface area contributed by atoms with Gasteiger partial charge in [0.05, 0.1) is 23.8 Å². The smallest absolute Gasteiger partial charge is 0.157 e. The van der Waals surface area contributed by atoms with Crippen molar-refractivity contribution in [3.63, 3.8) is 0 Å². The average Bonchev–Trinajstić information content (AvgIpc) is 3.30. The summed E-state index contributed by atoms with van der Waals surface area (Å²) in [7, 11) is 3.75. The van der Waals surface area contributed by atoms with Gasteiger partial charge in [0.25, 0.3) is 0 Å². The van der Waals surface area contributed by atoms with Crippen molar-refractivity contribution in [2.24, 2.45) is 13.0 Å². The number of fused-ring (bicyclic) bond motifs is 2. The first-order valence-electron chi connectivity index (χ1n) is 8.86. The summed E-state index contributed by atoms with van der Waals surface area (Å²) in [6.07, 6.45) is 2.63. The molecule has 1 aliphatic carbocycles. The highest BCUT2D eigenvalue weighted by Crippen LogP contribution is 2.39. The minimum Gasteiger partial charge on any atom is -0.494 e. The van der Waals surface area contributed by atoms with Crippen LogP contribution in [-0.2, 0) is 13.6 Å². The van der Waals surface area contributed by atoms with Gasteiger partial charge in [-0.2, -0.15) is 0 Å². The molecule has 0 aliphatic heterocycles. The molecule has 2 aromatic carbocycles. The number of aryl methyl sites for hydroxylation is 1. The second-order valence-corrected chi connectivity index (χ2v) is 7.87. The van der Waals surface area contributed by atoms with Crippen LogP contribution in [0.25, 0.3) is 33.5 Å². The van der Waals surface area contributed by atoms with Crippen LogP contribution >= 0.6 is 15.9 Å². The van der Waals surface area contributed by atoms with E-state index in [1.807, 2.05) is 12.1 Å². The van der Waals surface area contributed by atoms with Gasteiger partial charge in [-0.3, -0.25) is 0 Å². The molecule has 1 fully saturated rings. The Morgan fingerprint density at radius 1 is 1.27 bits per heavy atom. The molecule has 0 spiro atoms. The van der Waals surface area contributed by atoms with Gasteiger partial charge in [-0.25, -0.2) is 4.98 Å². The Balaban J connectivity index is 1.80. The zero-order valence-corrected chi connectivity index (χ0v) is 16.4. The molecule has 0 saturated heterocycles. The SMILES string of the molecule is COc1c[c]cc2nc(-c3cc4cccc(Br)c4n3CC3CC3)n(C)c12. The van der Waals surface area contributed by atoms with Gasteiger partial charge in [0.15, 0.2) is 5.82 Å². The summed E-state index contributed by atoms with van der Waals surface area (Å²) in [5, 5.41) is 1.24. The topological polar surface area (TPSA) is 32.0 Å². The summed E-state index contributed by atoms with van der Waals surface area (Å²) in [4.78, 5) is 4.92. The zero-order valence-electron chi connectivity index (χ0n) is 14.8. The number of halogens is 1. The van der Waals surface area contributed by atoms with E-state index >= 15 is 0 Å². The molecule has 1 aliphatic rings. The molecule has 4 aromatic rings. The monoisotopic (exact) mass is 408 g/mol. The number of imidazole rings is 1. The number of hydrogen-bond donors (Lipinski definition) is 0. The number of rotatable bonds is 4. The van der Waals surface area contributed by atoms with Crippen LogP contribution in [0.1, 0.15) is 12.8 Å². The van der Waals surface area contributed by atoms with Crippen LogP contribution in [-0.4, -0.2) is 21.2 Å². The third kappa shape index (κ3) is 2.37. The minimum absolute atomic E-state index is 0.772. The molecule has 1 saturated carbocycles. The van der Waals surface area contributed by atoms with Gasteiger partial charge in [0, 0.05) is 23.5 Å². The van der Waals surface area contributed by atoms with Gasteiger partial charge in [0.1, 0.15) is 11.3 Å². The van der Waals surface area contributed by atoms with E-state index in [1.165, 1.54) is 23.7 Å². The lowest BCUT2D eigenvalue weighted by Crippen LogP contribution is -2.05. The summed E-state index contributed by atoms with van der Waals surface area (Å²) in [5.41, 5.74) is 4.31. The zero-order chi connectivity index (χ0) is 17.8. The molecule has 0 atom stereocenters. The fraction of sp³-hybridized carbons (Fsp3) is 0.286. The maximum absolute atomic E-state index is 5.53. The van der Waals surface area contributed by atoms with Crippen molar-refractivity contribution >= 4 is 37.9 Å². The Morgan fingerprint density at radius 3 is 2.88 bits per heavy atom. The predicted octanol–water partition coefficient (Wildman–Crippen LogP) is 5.18. The van der Waals surface area contributed by atoms with Crippen LogP contribution in [0.4, 0.5) is 0 Å². The minimum atomic E-state index is 0.772. The van der Waals surface area contributed by atoms with Crippen LogP contribution in [0.3, 0.4) is 0 Å². The van der Waals surface area contributed by atoms with Crippen LogP contribution < -0.4 is 4.74 Å². The fourth-order valence-corrected chi connectivity index (χ4v) is 4.37. The highest BCUT2D eigenvalue weighted by atomic mass is 79.9. The lowest BCUT2D eigenvalue weighted by atomic mass is 10.2. The Bertz CT molecular complexity index is 1140. The molecule has 5 heteroatoms. The fourth-order valence-electron chi connectivity index (χ4n) is 3.77. The van der Waals surface area contributed by atoms with Crippen LogP contribution in [0, 0.1) is 12.0 Å². The van der Waals surface area contributed by atoms with Crippen molar-refractivity contribution in [1.29, 1.82) is 0 Å². The van der Waals surface area contributed by atoms with E-state index in [1.54, 1.807) is 7.11 Å². The molecule has 2 aromatic heterocycles. The van der Waals surface area contributed by atoms with Crippen molar-refractivity contribution in [3.05, 3.63) is 46.9 Å². The predicted molar refractivity (Wildman–Crippen MR) is 107 cm³/mol. The maximum Gasteiger partial charge on any atom is 0.157 e. The first-order valence-corrected chi connectivity index (χ1v) is 9.65. The van der Waals surface area contributed by atoms with E-state index in [2.05, 4.69) is 62.4 Å². The van der Waals surface area contributed by atoms with Gasteiger partial charge < -0.3 is 13.9 Å². The van der Waals surface area contributed by atoms with Crippen molar-refractivity contribution in [1.82, 2.24) is 14.1 Å². The molecular weight excluding hydrogens is 390 g/mol. The van der Waals surface area contributed by atoms with E-state index in [0.717, 1.165) is 45.2 Å². The lowest BCUT2D eigenvalue weighted by molar-refractivity contribution is 0.418. The average molecular weight is 409 g/mol. The number of para-hydroxylation sites is 1. The summed E-state index contributed by atoms with van der Waals surface area (Å²) in [5.74, 6) is 2.53. The Morgan fingerprint density at radius 2 is 2.12 bits per heavy atom. The Kier molecular flexibility index (Phi) is 3.60. The van der Waals surface area contributed by atoms with E-state index < -0.39 is 0 Å². The number of methoxy groups -OCH3 is 1. The Hall–Kier alpha value is -2.27. The molecule has 0 unspecified atom stereocenters. The third-order valence-electron chi connectivity index (χ3n) is 5.25. The van der Waals surface area contributed by atoms with Crippen LogP contribution in [0.5, 0.6) is 5.75 Å². The van der Waals surface area contributed by atoms with E-state index in [4.69, 9.17) is 9.72 Å². The van der Waals surface area contributed by atoms with Gasteiger partial charge in [-0.15, -0.1) is 0 Å². The lowest BCUT2D eigenvalue weighted by Gasteiger charge is -2.11. The number of aromatic nitrogens is 3. The van der Waals surface area contributed by atoms with E-state index in [9.17, 15) is 0 Å². The molecule has 0 amide bonds. The van der Waals surface area contributed by atoms with Crippen molar-refractivity contribution in [2.75, 3.05) is 7.11 Å². The van der Waals surface area contributed by atoms with Crippen molar-refractivity contribution < 1.29 is 4.74 Å². The summed E-state index contributed by atoms with van der Waals surface area (Å²) >= 11 is 3.75. The highest BCUT2D eigenvalue weighted by Gasteiger charge is 2.26. The quantitative estimate of drug-likeness (QED) is 0.466. The van der Waals surface area contributed by atoms with E-state index in [0.29, 0.717) is 0 Å². The number of benzene rings is 2. The Labute approximate surface area is 160 Å². The molecule has 2 heterocycles. The normalized spacial score (nSPS) is 14.4. The summed E-state index contributed by atoms with van der Waals surface area (Å²) < 4.78 is 11.2. The molecule has 26 heavy (non-hydrogen) atoms. The number of nitrogens with zero attached hydrogens (tertiary/aromatic N) is 3. The highest BCUT2D eigenvalue weighted by molar-refractivity contribution is 9.10. The summed E-state index contributed by atoms with van der Waals surface area (Å²) in [6.45, 7) is 1.04. The first-order chi connectivity index (χ1) is 12.7. The second kappa shape index (κ2) is 5.88. The van der Waals surface area contributed by atoms with Gasteiger partial charge in [-0.05, 0) is 65.0 Å². The van der Waals surface area contributed by atoms with Crippen molar-refractivity contribution in [2.45, 2.75) is 19.4 Å². The molecule has 4 nitrogen and oxygen atoms in total. The van der Waals surface area contributed by atoms with Gasteiger partial charge in [-0.1, -0.05) is 12.1 Å². The molecule has 131 valence electrons. The number of hydrogen-bond acceptors (Lipinski definition) is 2. The molecule has 0 N–H and O–H groups in total. The summed E-state index contributed by atoms with van der Waals surface area (Å²) in [6, 6.07) is 15.5. The molecule has 5 rings (SSSR count). The second-order valence-electron chi connectivity index (χ2n) is 7.01. The largest absolute Gasteiger partial charge is 0.494 e. The third-order valence-corrected chi connectivity index (χ3v) is 5.89. The number of ether oxygens (including phenoxy) is 1. The standard InChI is InChI=1S/C21H19BrN3O/c1-24-20-16(7-4-8-18(20)26-2)23-21(24)17-11-14-5-3-6-15(22)19(14)25(17)12-13-9-10-13/h3,5-8,11,13H,9-10,12H2,1-2H3. The van der Waals surface area contributed by atoms with Gasteiger partial charge in [0.2, 0.25) is 0 Å². The maximum atomic E-state index is 5.53. The molecular formula is C21H19BrN3O. The van der Waals surface area contributed by atoms with Crippen molar-refractivity contribution in [3.8, 4) is 17.3 Å². The van der Waals surface area contributed by atoms with Crippen LogP contribution in [0.2, 0.25) is 0 Å².